The van der Waals surface area contributed by atoms with Gasteiger partial charge in [-0.1, -0.05) is 136 Å². The van der Waals surface area contributed by atoms with E-state index in [1.807, 2.05) is 0 Å². The van der Waals surface area contributed by atoms with E-state index in [-0.39, 0.29) is 19.6 Å². The molecule has 0 bridgehead atoms. The summed E-state index contributed by atoms with van der Waals surface area (Å²) < 4.78 is 59.0. The minimum absolute atomic E-state index is 0.00537. The molecule has 0 aromatic heterocycles. The van der Waals surface area contributed by atoms with Crippen LogP contribution in [0, 0.1) is 0 Å². The van der Waals surface area contributed by atoms with Gasteiger partial charge in [0.25, 0.3) is 0 Å². The van der Waals surface area contributed by atoms with E-state index < -0.39 is 59.8 Å². The molecule has 1 aliphatic heterocycles. The summed E-state index contributed by atoms with van der Waals surface area (Å²) in [5.41, 5.74) is 0. The Labute approximate surface area is 373 Å². The molecule has 0 radical (unpaired) electrons. The molecular weight excluding hydrogens is 813 g/mol. The van der Waals surface area contributed by atoms with Crippen LogP contribution in [-0.2, 0) is 38.3 Å². The molecule has 6 unspecified atom stereocenters. The van der Waals surface area contributed by atoms with Crippen LogP contribution in [-0.4, -0.2) is 97.5 Å². The number of ether oxygens (including phenoxy) is 4. The highest BCUT2D eigenvalue weighted by Crippen LogP contribution is 2.26. The number of carbonyl (C=O) groups excluding carboxylic acids is 1. The number of esters is 1. The fraction of sp³-hybridized carbons (Fsp3) is 0.612. The minimum Gasteiger partial charge on any atom is -0.457 e. The quantitative estimate of drug-likeness (QED) is 0.0201. The molecule has 12 nitrogen and oxygen atoms in total. The van der Waals surface area contributed by atoms with Crippen molar-refractivity contribution in [2.75, 3.05) is 26.4 Å². The van der Waals surface area contributed by atoms with Gasteiger partial charge in [-0.25, -0.2) is 4.18 Å². The third-order valence-corrected chi connectivity index (χ3v) is 9.86. The summed E-state index contributed by atoms with van der Waals surface area (Å²) in [5, 5.41) is 30.7. The predicted octanol–water partition coefficient (Wildman–Crippen LogP) is 9.63. The summed E-state index contributed by atoms with van der Waals surface area (Å²) in [7, 11) is -5.08. The molecular formula is C49H78O12S. The van der Waals surface area contributed by atoms with Crippen molar-refractivity contribution in [3.05, 3.63) is 109 Å². The molecule has 13 heteroatoms. The lowest BCUT2D eigenvalue weighted by atomic mass is 9.99. The van der Waals surface area contributed by atoms with Crippen LogP contribution in [0.2, 0.25) is 0 Å². The molecule has 1 heterocycles. The number of unbranched alkanes of at least 4 members (excludes halogenated alkanes) is 6. The van der Waals surface area contributed by atoms with E-state index in [1.165, 1.54) is 0 Å². The number of rotatable bonds is 37. The Morgan fingerprint density at radius 2 is 1.06 bits per heavy atom. The van der Waals surface area contributed by atoms with Crippen molar-refractivity contribution in [3.8, 4) is 0 Å². The molecule has 0 saturated carbocycles. The lowest BCUT2D eigenvalue weighted by Gasteiger charge is -2.41. The molecule has 0 spiro atoms. The Kier molecular flexibility index (Phi) is 36.0. The highest BCUT2D eigenvalue weighted by Gasteiger charge is 2.48. The van der Waals surface area contributed by atoms with E-state index in [9.17, 15) is 28.5 Å². The average Bonchev–Trinajstić information content (AvgIpc) is 3.24. The number of hydrogen-bond acceptors (Lipinski definition) is 11. The molecule has 1 aliphatic rings. The van der Waals surface area contributed by atoms with Crippen LogP contribution < -0.4 is 0 Å². The fourth-order valence-corrected chi connectivity index (χ4v) is 6.55. The first-order valence-electron chi connectivity index (χ1n) is 22.6. The summed E-state index contributed by atoms with van der Waals surface area (Å²) in [6.07, 6.45) is 45.5. The van der Waals surface area contributed by atoms with Gasteiger partial charge < -0.3 is 34.3 Å². The zero-order valence-electron chi connectivity index (χ0n) is 37.4. The zero-order chi connectivity index (χ0) is 45.4. The third-order valence-electron chi connectivity index (χ3n) is 9.39. The maximum absolute atomic E-state index is 12.8. The third kappa shape index (κ3) is 32.4. The first kappa shape index (κ1) is 56.8. The van der Waals surface area contributed by atoms with Gasteiger partial charge in [-0.05, 0) is 96.3 Å². The van der Waals surface area contributed by atoms with E-state index in [0.29, 0.717) is 13.0 Å². The van der Waals surface area contributed by atoms with Crippen molar-refractivity contribution >= 4 is 16.4 Å². The van der Waals surface area contributed by atoms with Crippen molar-refractivity contribution in [2.45, 2.75) is 166 Å². The second-order valence-electron chi connectivity index (χ2n) is 14.9. The first-order chi connectivity index (χ1) is 30.1. The van der Waals surface area contributed by atoms with E-state index >= 15 is 0 Å². The van der Waals surface area contributed by atoms with Crippen LogP contribution in [0.3, 0.4) is 0 Å². The molecule has 352 valence electrons. The van der Waals surface area contributed by atoms with Gasteiger partial charge in [-0.15, -0.1) is 0 Å². The standard InChI is InChI=1S/C49H78O12S/c1-3-5-7-9-11-13-15-17-19-20-21-22-23-24-25-26-28-30-32-34-36-38-45(51)59-43(41-57-39-37-35-33-31-29-27-18-16-14-12-10-8-6-4-2)42-58-49-47(53)48(61-62(54,55)56)46(52)44(40-50)60-49/h5-8,11-14,17-19,21-22,24-25,27-28,30,43-44,46-50,52-53H,3-4,9-10,15-16,20,23,26,29,31-42H2,1-2H3,(H,54,55,56)/b7-5-,8-6-,13-11-,14-12-,19-17-,22-21-,25-24-,27-18-,30-28-. The van der Waals surface area contributed by atoms with Crippen molar-refractivity contribution in [2.24, 2.45) is 0 Å². The molecule has 62 heavy (non-hydrogen) atoms. The van der Waals surface area contributed by atoms with E-state index in [4.69, 9.17) is 23.5 Å². The Balaban J connectivity index is 2.49. The van der Waals surface area contributed by atoms with Gasteiger partial charge in [-0.3, -0.25) is 9.35 Å². The second kappa shape index (κ2) is 39.4. The fourth-order valence-electron chi connectivity index (χ4n) is 6.04. The van der Waals surface area contributed by atoms with Crippen molar-refractivity contribution < 1.29 is 56.2 Å². The molecule has 6 atom stereocenters. The molecule has 0 amide bonds. The van der Waals surface area contributed by atoms with Crippen molar-refractivity contribution in [1.29, 1.82) is 0 Å². The molecule has 1 rings (SSSR count). The summed E-state index contributed by atoms with van der Waals surface area (Å²) in [5.74, 6) is -0.455. The summed E-state index contributed by atoms with van der Waals surface area (Å²) in [6, 6.07) is 0. The highest BCUT2D eigenvalue weighted by atomic mass is 32.3. The van der Waals surface area contributed by atoms with Gasteiger partial charge in [-0.2, -0.15) is 8.42 Å². The van der Waals surface area contributed by atoms with Gasteiger partial charge in [0.2, 0.25) is 0 Å². The predicted molar refractivity (Wildman–Crippen MR) is 248 cm³/mol. The Morgan fingerprint density at radius 1 is 0.613 bits per heavy atom. The van der Waals surface area contributed by atoms with Crippen LogP contribution in [0.15, 0.2) is 109 Å². The zero-order valence-corrected chi connectivity index (χ0v) is 38.2. The minimum atomic E-state index is -5.08. The normalized spacial score (nSPS) is 21.0. The number of carbonyl (C=O) groups is 1. The maximum Gasteiger partial charge on any atom is 0.397 e. The van der Waals surface area contributed by atoms with Crippen LogP contribution in [0.4, 0.5) is 0 Å². The van der Waals surface area contributed by atoms with Gasteiger partial charge in [0.1, 0.15) is 30.5 Å². The number of aliphatic hydroxyl groups excluding tert-OH is 3. The Hall–Kier alpha value is -3.24. The van der Waals surface area contributed by atoms with Crippen molar-refractivity contribution in [1.82, 2.24) is 0 Å². The van der Waals surface area contributed by atoms with E-state index in [0.717, 1.165) is 103 Å². The summed E-state index contributed by atoms with van der Waals surface area (Å²) in [6.45, 7) is 3.62. The molecule has 1 fully saturated rings. The maximum atomic E-state index is 12.8. The molecule has 0 aliphatic carbocycles. The Morgan fingerprint density at radius 3 is 1.53 bits per heavy atom. The lowest BCUT2D eigenvalue weighted by Crippen LogP contribution is -2.60. The van der Waals surface area contributed by atoms with E-state index in [2.05, 4.69) is 127 Å². The smallest absolute Gasteiger partial charge is 0.397 e. The molecule has 1 saturated heterocycles. The number of allylic oxidation sites excluding steroid dienone is 18. The SMILES string of the molecule is CC/C=C\C/C=C\C/C=C\C/C=C\C/C=C\C/C=C\CCCCC(=O)OC(COCCCCCC/C=C\C/C=C\C/C=C\CC)COC1OC(CO)C(O)C(OS(=O)(=O)O)C1O. The number of hydrogen-bond donors (Lipinski definition) is 4. The van der Waals surface area contributed by atoms with Gasteiger partial charge in [0, 0.05) is 13.0 Å². The topological polar surface area (TPSA) is 178 Å². The van der Waals surface area contributed by atoms with Gasteiger partial charge in [0.15, 0.2) is 6.29 Å². The Bertz CT molecular complexity index is 1490. The van der Waals surface area contributed by atoms with Crippen LogP contribution >= 0.6 is 0 Å². The summed E-state index contributed by atoms with van der Waals surface area (Å²) >= 11 is 0. The molecule has 0 aromatic carbocycles. The highest BCUT2D eigenvalue weighted by molar-refractivity contribution is 7.80. The number of aliphatic hydroxyl groups is 3. The van der Waals surface area contributed by atoms with Crippen LogP contribution in [0.25, 0.3) is 0 Å². The summed E-state index contributed by atoms with van der Waals surface area (Å²) in [4.78, 5) is 12.8. The lowest BCUT2D eigenvalue weighted by molar-refractivity contribution is -0.301. The molecule has 0 aromatic rings. The van der Waals surface area contributed by atoms with Gasteiger partial charge in [0.05, 0.1) is 19.8 Å². The monoisotopic (exact) mass is 891 g/mol. The molecule has 4 N–H and O–H groups in total. The van der Waals surface area contributed by atoms with Gasteiger partial charge >= 0.3 is 16.4 Å². The van der Waals surface area contributed by atoms with Crippen LogP contribution in [0.1, 0.15) is 129 Å². The largest absolute Gasteiger partial charge is 0.457 e. The van der Waals surface area contributed by atoms with Crippen LogP contribution in [0.5, 0.6) is 0 Å². The van der Waals surface area contributed by atoms with E-state index in [1.54, 1.807) is 0 Å². The first-order valence-corrected chi connectivity index (χ1v) is 24.0. The van der Waals surface area contributed by atoms with Crippen molar-refractivity contribution in [3.63, 3.8) is 0 Å². The average molecular weight is 891 g/mol. The second-order valence-corrected chi connectivity index (χ2v) is 15.9.